The van der Waals surface area contributed by atoms with Crippen LogP contribution >= 0.6 is 0 Å². The Balaban J connectivity index is 1.93. The van der Waals surface area contributed by atoms with Crippen molar-refractivity contribution in [3.05, 3.63) is 53.6 Å². The van der Waals surface area contributed by atoms with Gasteiger partial charge in [-0.3, -0.25) is 4.90 Å². The minimum atomic E-state index is -4.98. The Labute approximate surface area is 177 Å². The number of nitrogens with zero attached hydrogens (tertiary/aromatic N) is 1. The van der Waals surface area contributed by atoms with Crippen molar-refractivity contribution in [1.82, 2.24) is 4.90 Å². The summed E-state index contributed by atoms with van der Waals surface area (Å²) in [6.07, 6.45) is -4.78. The summed E-state index contributed by atoms with van der Waals surface area (Å²) in [5.41, 5.74) is -1.84. The first kappa shape index (κ1) is 23.6. The number of hydrogen-bond donors (Lipinski definition) is 1. The fourth-order valence-corrected chi connectivity index (χ4v) is 5.73. The zero-order chi connectivity index (χ0) is 23.0. The first-order chi connectivity index (χ1) is 14.4. The second-order valence-electron chi connectivity index (χ2n) is 7.73. The molecule has 10 heteroatoms. The molecule has 2 aromatic rings. The van der Waals surface area contributed by atoms with E-state index < -0.39 is 50.1 Å². The predicted octanol–water partition coefficient (Wildman–Crippen LogP) is 4.47. The molecular formula is C21H22F5NO3S. The van der Waals surface area contributed by atoms with Crippen molar-refractivity contribution < 1.29 is 35.5 Å². The van der Waals surface area contributed by atoms with Crippen LogP contribution in [0.5, 0.6) is 0 Å². The molecule has 0 amide bonds. The van der Waals surface area contributed by atoms with Crippen molar-refractivity contribution in [3.8, 4) is 11.1 Å². The van der Waals surface area contributed by atoms with Crippen molar-refractivity contribution in [3.63, 3.8) is 0 Å². The number of benzene rings is 2. The highest BCUT2D eigenvalue weighted by molar-refractivity contribution is 7.91. The summed E-state index contributed by atoms with van der Waals surface area (Å²) in [4.78, 5) is 0.903. The number of aliphatic hydroxyl groups excluding tert-OH is 1. The van der Waals surface area contributed by atoms with Crippen LogP contribution in [0.2, 0.25) is 0 Å². The number of halogens is 5. The van der Waals surface area contributed by atoms with Crippen molar-refractivity contribution >= 4 is 9.84 Å². The third-order valence-electron chi connectivity index (χ3n) is 5.49. The van der Waals surface area contributed by atoms with Gasteiger partial charge < -0.3 is 5.11 Å². The molecule has 1 saturated heterocycles. The summed E-state index contributed by atoms with van der Waals surface area (Å²) in [5.74, 6) is -2.71. The predicted molar refractivity (Wildman–Crippen MR) is 105 cm³/mol. The van der Waals surface area contributed by atoms with Gasteiger partial charge in [0.25, 0.3) is 0 Å². The Morgan fingerprint density at radius 1 is 1.10 bits per heavy atom. The van der Waals surface area contributed by atoms with E-state index >= 15 is 0 Å². The van der Waals surface area contributed by atoms with Crippen molar-refractivity contribution in [1.29, 1.82) is 0 Å². The van der Waals surface area contributed by atoms with Gasteiger partial charge in [0.05, 0.1) is 16.2 Å². The molecule has 0 aromatic heterocycles. The van der Waals surface area contributed by atoms with Gasteiger partial charge in [-0.1, -0.05) is 6.07 Å². The maximum absolute atomic E-state index is 14.0. The second kappa shape index (κ2) is 8.84. The van der Waals surface area contributed by atoms with Crippen LogP contribution < -0.4 is 0 Å². The van der Waals surface area contributed by atoms with Gasteiger partial charge in [0.1, 0.15) is 17.9 Å². The van der Waals surface area contributed by atoms with Crippen LogP contribution in [0.25, 0.3) is 11.1 Å². The maximum atomic E-state index is 14.0. The van der Waals surface area contributed by atoms with Gasteiger partial charge in [-0.2, -0.15) is 13.2 Å². The number of alkyl halides is 3. The van der Waals surface area contributed by atoms with Crippen LogP contribution in [-0.4, -0.2) is 43.5 Å². The third kappa shape index (κ3) is 5.42. The lowest BCUT2D eigenvalue weighted by Crippen LogP contribution is -2.41. The number of aliphatic hydroxyl groups is 1. The molecule has 1 atom stereocenters. The molecule has 1 heterocycles. The fraction of sp³-hybridized carbons (Fsp3) is 0.429. The second-order valence-corrected chi connectivity index (χ2v) is 9.73. The van der Waals surface area contributed by atoms with E-state index in [4.69, 9.17) is 0 Å². The van der Waals surface area contributed by atoms with Crippen molar-refractivity contribution in [2.45, 2.75) is 37.1 Å². The number of hydrogen-bond acceptors (Lipinski definition) is 4. The van der Waals surface area contributed by atoms with Gasteiger partial charge in [-0.05, 0) is 55.5 Å². The molecule has 0 spiro atoms. The van der Waals surface area contributed by atoms with Gasteiger partial charge in [-0.15, -0.1) is 0 Å². The average Bonchev–Trinajstić information content (AvgIpc) is 2.67. The van der Waals surface area contributed by atoms with Crippen molar-refractivity contribution in [2.75, 3.05) is 18.8 Å². The van der Waals surface area contributed by atoms with Gasteiger partial charge in [-0.25, -0.2) is 17.2 Å². The van der Waals surface area contributed by atoms with E-state index in [1.807, 2.05) is 0 Å². The molecular weight excluding hydrogens is 441 g/mol. The van der Waals surface area contributed by atoms with E-state index in [1.54, 1.807) is 11.8 Å². The lowest BCUT2D eigenvalue weighted by atomic mass is 9.99. The molecule has 1 unspecified atom stereocenters. The Bertz CT molecular complexity index is 1050. The minimum Gasteiger partial charge on any atom is -0.379 e. The quantitative estimate of drug-likeness (QED) is 0.665. The third-order valence-corrected chi connectivity index (χ3v) is 7.43. The lowest BCUT2D eigenvalue weighted by Gasteiger charge is -2.33. The molecule has 1 N–H and O–H groups in total. The van der Waals surface area contributed by atoms with E-state index in [0.29, 0.717) is 38.1 Å². The van der Waals surface area contributed by atoms with Crippen LogP contribution in [0.1, 0.15) is 25.3 Å². The van der Waals surface area contributed by atoms with Crippen molar-refractivity contribution in [2.24, 2.45) is 5.92 Å². The lowest BCUT2D eigenvalue weighted by molar-refractivity contribution is -0.139. The highest BCUT2D eigenvalue weighted by Gasteiger charge is 2.38. The standard InChI is InChI=1S/C21H22F5NO3S/c1-13(28)27-8-6-14(7-9-27)12-31(29,30)20-5-2-15(10-18(20)21(24,25)26)17-4-3-16(22)11-19(17)23/h2-5,10-11,13-14,28H,6-9,12H2,1H3. The van der Waals surface area contributed by atoms with Gasteiger partial charge in [0.2, 0.25) is 0 Å². The van der Waals surface area contributed by atoms with Gasteiger partial charge >= 0.3 is 6.18 Å². The minimum absolute atomic E-state index is 0.200. The molecule has 1 aliphatic heterocycles. The first-order valence-corrected chi connectivity index (χ1v) is 11.4. The molecule has 31 heavy (non-hydrogen) atoms. The van der Waals surface area contributed by atoms with Crippen LogP contribution in [0.3, 0.4) is 0 Å². The topological polar surface area (TPSA) is 57.6 Å². The van der Waals surface area contributed by atoms with Gasteiger partial charge in [0.15, 0.2) is 9.84 Å². The van der Waals surface area contributed by atoms with E-state index in [0.717, 1.165) is 24.3 Å². The van der Waals surface area contributed by atoms with E-state index in [9.17, 15) is 35.5 Å². The number of rotatable bonds is 5. The molecule has 0 saturated carbocycles. The summed E-state index contributed by atoms with van der Waals surface area (Å²) in [5, 5.41) is 9.59. The molecule has 1 aliphatic rings. The molecule has 4 nitrogen and oxygen atoms in total. The zero-order valence-electron chi connectivity index (χ0n) is 16.7. The molecule has 170 valence electrons. The van der Waals surface area contributed by atoms with Crippen LogP contribution in [0.15, 0.2) is 41.3 Å². The largest absolute Gasteiger partial charge is 0.417 e. The van der Waals surface area contributed by atoms with Crippen LogP contribution in [0.4, 0.5) is 22.0 Å². The molecule has 3 rings (SSSR count). The molecule has 2 aromatic carbocycles. The Morgan fingerprint density at radius 2 is 1.74 bits per heavy atom. The highest BCUT2D eigenvalue weighted by atomic mass is 32.2. The summed E-state index contributed by atoms with van der Waals surface area (Å²) in [6, 6.07) is 4.97. The number of piperidine rings is 1. The summed E-state index contributed by atoms with van der Waals surface area (Å²) in [7, 11) is -4.28. The molecule has 1 fully saturated rings. The Hall–Kier alpha value is -2.04. The monoisotopic (exact) mass is 463 g/mol. The molecule has 0 aliphatic carbocycles. The van der Waals surface area contributed by atoms with Crippen LogP contribution in [-0.2, 0) is 16.0 Å². The molecule has 0 bridgehead atoms. The normalized spacial score (nSPS) is 17.6. The number of likely N-dealkylation sites (tertiary alicyclic amines) is 1. The highest BCUT2D eigenvalue weighted by Crippen LogP contribution is 2.38. The summed E-state index contributed by atoms with van der Waals surface area (Å²) < 4.78 is 94.0. The first-order valence-electron chi connectivity index (χ1n) is 9.70. The average molecular weight is 463 g/mol. The Kier molecular flexibility index (Phi) is 6.73. The summed E-state index contributed by atoms with van der Waals surface area (Å²) in [6.45, 7) is 2.50. The zero-order valence-corrected chi connectivity index (χ0v) is 17.5. The number of sulfone groups is 1. The van der Waals surface area contributed by atoms with Gasteiger partial charge in [0, 0.05) is 24.7 Å². The van der Waals surface area contributed by atoms with Crippen LogP contribution in [0, 0.1) is 17.6 Å². The van der Waals surface area contributed by atoms with E-state index in [1.165, 1.54) is 0 Å². The maximum Gasteiger partial charge on any atom is 0.417 e. The van der Waals surface area contributed by atoms with E-state index in [2.05, 4.69) is 0 Å². The Morgan fingerprint density at radius 3 is 2.29 bits per heavy atom. The molecule has 0 radical (unpaired) electrons. The summed E-state index contributed by atoms with van der Waals surface area (Å²) >= 11 is 0. The fourth-order valence-electron chi connectivity index (χ4n) is 3.81. The SMILES string of the molecule is CC(O)N1CCC(CS(=O)(=O)c2ccc(-c3ccc(F)cc3F)cc2C(F)(F)F)CC1. The smallest absolute Gasteiger partial charge is 0.379 e. The van der Waals surface area contributed by atoms with E-state index in [-0.39, 0.29) is 17.0 Å².